The van der Waals surface area contributed by atoms with Crippen molar-refractivity contribution in [2.24, 2.45) is 5.92 Å². The zero-order chi connectivity index (χ0) is 13.2. The minimum Gasteiger partial charge on any atom is -0.398 e. The Morgan fingerprint density at radius 3 is 3.05 bits per heavy atom. The summed E-state index contributed by atoms with van der Waals surface area (Å²) in [5.41, 5.74) is 8.58. The SMILES string of the molecule is Cc1ccc(-c2noc(C[C@@H]3CCOC3)n2)cc1N. The van der Waals surface area contributed by atoms with E-state index in [1.165, 1.54) is 0 Å². The van der Waals surface area contributed by atoms with Gasteiger partial charge in [0.25, 0.3) is 0 Å². The lowest BCUT2D eigenvalue weighted by atomic mass is 10.1. The second-order valence-electron chi connectivity index (χ2n) is 5.02. The van der Waals surface area contributed by atoms with E-state index in [0.29, 0.717) is 17.6 Å². The zero-order valence-corrected chi connectivity index (χ0v) is 10.9. The molecule has 5 nitrogen and oxygen atoms in total. The molecule has 3 rings (SSSR count). The smallest absolute Gasteiger partial charge is 0.227 e. The number of rotatable bonds is 3. The van der Waals surface area contributed by atoms with Crippen molar-refractivity contribution >= 4 is 5.69 Å². The number of anilines is 1. The molecule has 0 spiro atoms. The first-order valence-electron chi connectivity index (χ1n) is 6.49. The lowest BCUT2D eigenvalue weighted by Crippen LogP contribution is -2.03. The standard InChI is InChI=1S/C14H17N3O2/c1-9-2-3-11(7-12(9)15)14-16-13(19-17-14)6-10-4-5-18-8-10/h2-3,7,10H,4-6,8,15H2,1H3/t10-/m0/s1. The van der Waals surface area contributed by atoms with E-state index in [0.717, 1.165) is 42.9 Å². The lowest BCUT2D eigenvalue weighted by Gasteiger charge is -2.01. The maximum absolute atomic E-state index is 5.89. The van der Waals surface area contributed by atoms with Gasteiger partial charge in [-0.15, -0.1) is 0 Å². The molecule has 1 aliphatic heterocycles. The predicted molar refractivity (Wildman–Crippen MR) is 71.5 cm³/mol. The van der Waals surface area contributed by atoms with Crippen molar-refractivity contribution in [1.82, 2.24) is 10.1 Å². The first kappa shape index (κ1) is 12.2. The summed E-state index contributed by atoms with van der Waals surface area (Å²) < 4.78 is 10.6. The summed E-state index contributed by atoms with van der Waals surface area (Å²) in [6.45, 7) is 3.59. The number of nitrogens with two attached hydrogens (primary N) is 1. The minimum atomic E-state index is 0.497. The normalized spacial score (nSPS) is 18.9. The van der Waals surface area contributed by atoms with Gasteiger partial charge in [0, 0.05) is 30.9 Å². The summed E-state index contributed by atoms with van der Waals surface area (Å²) in [5.74, 6) is 1.77. The van der Waals surface area contributed by atoms with Gasteiger partial charge in [0.05, 0.1) is 0 Å². The highest BCUT2D eigenvalue weighted by Gasteiger charge is 2.19. The molecule has 2 heterocycles. The Bertz CT molecular complexity index is 574. The van der Waals surface area contributed by atoms with Crippen LogP contribution in [0.5, 0.6) is 0 Å². The second kappa shape index (κ2) is 5.01. The molecule has 0 radical (unpaired) electrons. The van der Waals surface area contributed by atoms with Crippen molar-refractivity contribution in [3.05, 3.63) is 29.7 Å². The highest BCUT2D eigenvalue weighted by Crippen LogP contribution is 2.23. The van der Waals surface area contributed by atoms with Crippen molar-refractivity contribution in [2.75, 3.05) is 18.9 Å². The van der Waals surface area contributed by atoms with Crippen LogP contribution in [0.15, 0.2) is 22.7 Å². The van der Waals surface area contributed by atoms with E-state index in [-0.39, 0.29) is 0 Å². The molecule has 1 atom stereocenters. The van der Waals surface area contributed by atoms with Gasteiger partial charge < -0.3 is 15.0 Å². The van der Waals surface area contributed by atoms with E-state index in [9.17, 15) is 0 Å². The maximum atomic E-state index is 5.89. The fraction of sp³-hybridized carbons (Fsp3) is 0.429. The summed E-state index contributed by atoms with van der Waals surface area (Å²) in [7, 11) is 0. The van der Waals surface area contributed by atoms with E-state index in [4.69, 9.17) is 15.0 Å². The third-order valence-corrected chi connectivity index (χ3v) is 3.49. The molecule has 1 fully saturated rings. The third-order valence-electron chi connectivity index (χ3n) is 3.49. The molecular weight excluding hydrogens is 242 g/mol. The van der Waals surface area contributed by atoms with E-state index in [2.05, 4.69) is 10.1 Å². The molecule has 0 bridgehead atoms. The monoisotopic (exact) mass is 259 g/mol. The number of nitrogen functional groups attached to an aromatic ring is 1. The highest BCUT2D eigenvalue weighted by molar-refractivity contribution is 5.63. The molecular formula is C14H17N3O2. The Hall–Kier alpha value is -1.88. The second-order valence-corrected chi connectivity index (χ2v) is 5.02. The number of aromatic nitrogens is 2. The average Bonchev–Trinajstić information content (AvgIpc) is 3.05. The Labute approximate surface area is 111 Å². The van der Waals surface area contributed by atoms with Crippen molar-refractivity contribution in [2.45, 2.75) is 19.8 Å². The molecule has 0 amide bonds. The highest BCUT2D eigenvalue weighted by atomic mass is 16.5. The van der Waals surface area contributed by atoms with Crippen LogP contribution in [0.4, 0.5) is 5.69 Å². The van der Waals surface area contributed by atoms with Gasteiger partial charge in [-0.3, -0.25) is 0 Å². The molecule has 1 saturated heterocycles. The topological polar surface area (TPSA) is 74.2 Å². The van der Waals surface area contributed by atoms with Gasteiger partial charge in [-0.25, -0.2) is 0 Å². The summed E-state index contributed by atoms with van der Waals surface area (Å²) in [4.78, 5) is 4.43. The van der Waals surface area contributed by atoms with Crippen molar-refractivity contribution < 1.29 is 9.26 Å². The van der Waals surface area contributed by atoms with Crippen LogP contribution in [-0.2, 0) is 11.2 Å². The molecule has 2 aromatic rings. The van der Waals surface area contributed by atoms with Gasteiger partial charge in [-0.05, 0) is 30.9 Å². The first-order valence-corrected chi connectivity index (χ1v) is 6.49. The van der Waals surface area contributed by atoms with Crippen LogP contribution in [0.2, 0.25) is 0 Å². The number of hydrogen-bond donors (Lipinski definition) is 1. The van der Waals surface area contributed by atoms with Crippen molar-refractivity contribution in [1.29, 1.82) is 0 Å². The van der Waals surface area contributed by atoms with Crippen LogP contribution in [0.1, 0.15) is 17.9 Å². The number of benzene rings is 1. The van der Waals surface area contributed by atoms with Gasteiger partial charge >= 0.3 is 0 Å². The van der Waals surface area contributed by atoms with Gasteiger partial charge in [0.2, 0.25) is 11.7 Å². The maximum Gasteiger partial charge on any atom is 0.227 e. The summed E-state index contributed by atoms with van der Waals surface area (Å²) in [6, 6.07) is 5.80. The quantitative estimate of drug-likeness (QED) is 0.855. The number of ether oxygens (including phenoxy) is 1. The summed E-state index contributed by atoms with van der Waals surface area (Å²) in [5, 5.41) is 4.02. The number of aryl methyl sites for hydroxylation is 1. The van der Waals surface area contributed by atoms with Crippen LogP contribution >= 0.6 is 0 Å². The fourth-order valence-corrected chi connectivity index (χ4v) is 2.23. The Balaban J connectivity index is 1.78. The van der Waals surface area contributed by atoms with Crippen LogP contribution in [0.3, 0.4) is 0 Å². The summed E-state index contributed by atoms with van der Waals surface area (Å²) in [6.07, 6.45) is 1.85. The number of hydrogen-bond acceptors (Lipinski definition) is 5. The molecule has 100 valence electrons. The van der Waals surface area contributed by atoms with Gasteiger partial charge in [-0.2, -0.15) is 4.98 Å². The predicted octanol–water partition coefficient (Wildman–Crippen LogP) is 2.21. The molecule has 19 heavy (non-hydrogen) atoms. The number of nitrogens with zero attached hydrogens (tertiary/aromatic N) is 2. The Kier molecular flexibility index (Phi) is 3.21. The zero-order valence-electron chi connectivity index (χ0n) is 10.9. The fourth-order valence-electron chi connectivity index (χ4n) is 2.23. The van der Waals surface area contributed by atoms with Gasteiger partial charge in [-0.1, -0.05) is 17.3 Å². The molecule has 0 unspecified atom stereocenters. The van der Waals surface area contributed by atoms with Crippen LogP contribution in [-0.4, -0.2) is 23.4 Å². The Morgan fingerprint density at radius 1 is 1.42 bits per heavy atom. The summed E-state index contributed by atoms with van der Waals surface area (Å²) >= 11 is 0. The van der Waals surface area contributed by atoms with Crippen molar-refractivity contribution in [3.63, 3.8) is 0 Å². The van der Waals surface area contributed by atoms with E-state index in [1.54, 1.807) is 0 Å². The van der Waals surface area contributed by atoms with Crippen LogP contribution in [0.25, 0.3) is 11.4 Å². The molecule has 1 aromatic carbocycles. The molecule has 2 N–H and O–H groups in total. The van der Waals surface area contributed by atoms with Crippen LogP contribution < -0.4 is 5.73 Å². The Morgan fingerprint density at radius 2 is 2.32 bits per heavy atom. The molecule has 5 heteroatoms. The molecule has 0 aliphatic carbocycles. The molecule has 1 aromatic heterocycles. The largest absolute Gasteiger partial charge is 0.398 e. The first-order chi connectivity index (χ1) is 9.22. The third kappa shape index (κ3) is 2.61. The minimum absolute atomic E-state index is 0.497. The van der Waals surface area contributed by atoms with Crippen molar-refractivity contribution in [3.8, 4) is 11.4 Å². The van der Waals surface area contributed by atoms with E-state index < -0.39 is 0 Å². The molecule has 1 aliphatic rings. The van der Waals surface area contributed by atoms with Gasteiger partial charge in [0.15, 0.2) is 0 Å². The average molecular weight is 259 g/mol. The van der Waals surface area contributed by atoms with E-state index in [1.807, 2.05) is 25.1 Å². The van der Waals surface area contributed by atoms with E-state index >= 15 is 0 Å². The molecule has 0 saturated carbocycles. The van der Waals surface area contributed by atoms with Gasteiger partial charge in [0.1, 0.15) is 0 Å². The lowest BCUT2D eigenvalue weighted by molar-refractivity contribution is 0.183. The van der Waals surface area contributed by atoms with Crippen LogP contribution in [0, 0.1) is 12.8 Å².